The van der Waals surface area contributed by atoms with Crippen molar-refractivity contribution in [2.45, 2.75) is 31.9 Å². The van der Waals surface area contributed by atoms with Crippen molar-refractivity contribution >= 4 is 0 Å². The van der Waals surface area contributed by atoms with E-state index in [1.165, 1.54) is 0 Å². The van der Waals surface area contributed by atoms with Crippen molar-refractivity contribution in [3.05, 3.63) is 35.9 Å². The van der Waals surface area contributed by atoms with Gasteiger partial charge >= 0.3 is 0 Å². The van der Waals surface area contributed by atoms with Gasteiger partial charge in [0.15, 0.2) is 0 Å². The van der Waals surface area contributed by atoms with Gasteiger partial charge in [-0.1, -0.05) is 37.3 Å². The second kappa shape index (κ2) is 3.95. The van der Waals surface area contributed by atoms with Crippen LogP contribution in [0.3, 0.4) is 0 Å². The molecule has 1 fully saturated rings. The first-order valence-electron chi connectivity index (χ1n) is 5.66. The Morgan fingerprint density at radius 2 is 1.93 bits per heavy atom. The van der Waals surface area contributed by atoms with Crippen LogP contribution >= 0.6 is 0 Å². The molecule has 1 aliphatic rings. The van der Waals surface area contributed by atoms with E-state index in [0.717, 1.165) is 18.5 Å². The van der Waals surface area contributed by atoms with E-state index in [1.807, 2.05) is 30.3 Å². The lowest BCUT2D eigenvalue weighted by Gasteiger charge is -2.42. The molecule has 0 amide bonds. The summed E-state index contributed by atoms with van der Waals surface area (Å²) in [5, 5.41) is 14.1. The van der Waals surface area contributed by atoms with Gasteiger partial charge in [-0.25, -0.2) is 0 Å². The minimum Gasteiger partial charge on any atom is -0.385 e. The third-order valence-corrected chi connectivity index (χ3v) is 3.75. The highest BCUT2D eigenvalue weighted by molar-refractivity contribution is 5.24. The SMILES string of the molecule is CC1NCCC(O)(c2ccccc2)C1C. The molecule has 0 aliphatic carbocycles. The summed E-state index contributed by atoms with van der Waals surface area (Å²) in [5.41, 5.74) is 0.386. The molecular weight excluding hydrogens is 186 g/mol. The molecule has 3 atom stereocenters. The summed E-state index contributed by atoms with van der Waals surface area (Å²) in [6.45, 7) is 5.14. The standard InChI is InChI=1S/C13H19NO/c1-10-11(2)14-9-8-13(10,15)12-6-4-3-5-7-12/h3-7,10-11,14-15H,8-9H2,1-2H3. The summed E-state index contributed by atoms with van der Waals surface area (Å²) in [6, 6.07) is 10.4. The molecule has 1 aromatic rings. The van der Waals surface area contributed by atoms with Crippen molar-refractivity contribution in [2.75, 3.05) is 6.54 Å². The summed E-state index contributed by atoms with van der Waals surface area (Å²) in [7, 11) is 0. The van der Waals surface area contributed by atoms with Crippen LogP contribution in [0.5, 0.6) is 0 Å². The Morgan fingerprint density at radius 1 is 1.27 bits per heavy atom. The van der Waals surface area contributed by atoms with Crippen LogP contribution in [0.4, 0.5) is 0 Å². The van der Waals surface area contributed by atoms with Crippen LogP contribution < -0.4 is 5.32 Å². The zero-order valence-electron chi connectivity index (χ0n) is 9.40. The highest BCUT2D eigenvalue weighted by Crippen LogP contribution is 2.37. The summed E-state index contributed by atoms with van der Waals surface area (Å²) < 4.78 is 0. The molecule has 1 heterocycles. The fourth-order valence-electron chi connectivity index (χ4n) is 2.44. The van der Waals surface area contributed by atoms with Gasteiger partial charge in [0.05, 0.1) is 5.60 Å². The van der Waals surface area contributed by atoms with Crippen LogP contribution in [0.25, 0.3) is 0 Å². The van der Waals surface area contributed by atoms with Crippen LogP contribution in [-0.2, 0) is 5.60 Å². The zero-order chi connectivity index (χ0) is 10.9. The Kier molecular flexibility index (Phi) is 2.81. The molecule has 2 rings (SSSR count). The average Bonchev–Trinajstić information content (AvgIpc) is 2.27. The number of benzene rings is 1. The highest BCUT2D eigenvalue weighted by Gasteiger charge is 2.40. The predicted molar refractivity (Wildman–Crippen MR) is 61.6 cm³/mol. The maximum absolute atomic E-state index is 10.7. The van der Waals surface area contributed by atoms with Crippen LogP contribution in [0.15, 0.2) is 30.3 Å². The van der Waals surface area contributed by atoms with Gasteiger partial charge in [0, 0.05) is 12.0 Å². The summed E-state index contributed by atoms with van der Waals surface area (Å²) in [5.74, 6) is 0.244. The van der Waals surface area contributed by atoms with Gasteiger partial charge < -0.3 is 10.4 Å². The lowest BCUT2D eigenvalue weighted by Crippen LogP contribution is -2.52. The van der Waals surface area contributed by atoms with Crippen LogP contribution in [0, 0.1) is 5.92 Å². The van der Waals surface area contributed by atoms with Gasteiger partial charge in [-0.3, -0.25) is 0 Å². The quantitative estimate of drug-likeness (QED) is 0.734. The first-order valence-corrected chi connectivity index (χ1v) is 5.66. The minimum absolute atomic E-state index is 0.244. The molecule has 1 aromatic carbocycles. The molecular formula is C13H19NO. The van der Waals surface area contributed by atoms with Crippen LogP contribution in [0.2, 0.25) is 0 Å². The van der Waals surface area contributed by atoms with Crippen molar-refractivity contribution in [3.63, 3.8) is 0 Å². The van der Waals surface area contributed by atoms with Gasteiger partial charge in [0.2, 0.25) is 0 Å². The van der Waals surface area contributed by atoms with Crippen LogP contribution in [-0.4, -0.2) is 17.7 Å². The third kappa shape index (κ3) is 1.80. The number of piperidine rings is 1. The molecule has 0 saturated carbocycles. The monoisotopic (exact) mass is 205 g/mol. The first kappa shape index (κ1) is 10.7. The zero-order valence-corrected chi connectivity index (χ0v) is 9.40. The van der Waals surface area contributed by atoms with Crippen molar-refractivity contribution < 1.29 is 5.11 Å². The maximum atomic E-state index is 10.7. The normalized spacial score (nSPS) is 36.5. The molecule has 0 bridgehead atoms. The largest absolute Gasteiger partial charge is 0.385 e. The van der Waals surface area contributed by atoms with E-state index < -0.39 is 5.60 Å². The fraction of sp³-hybridized carbons (Fsp3) is 0.538. The van der Waals surface area contributed by atoms with Gasteiger partial charge in [0.25, 0.3) is 0 Å². The number of hydrogen-bond donors (Lipinski definition) is 2. The van der Waals surface area contributed by atoms with Gasteiger partial charge in [-0.2, -0.15) is 0 Å². The number of aliphatic hydroxyl groups is 1. The van der Waals surface area contributed by atoms with Crippen LogP contribution in [0.1, 0.15) is 25.8 Å². The van der Waals surface area contributed by atoms with E-state index in [2.05, 4.69) is 19.2 Å². The van der Waals surface area contributed by atoms with Crippen molar-refractivity contribution in [1.29, 1.82) is 0 Å². The van der Waals surface area contributed by atoms with E-state index in [9.17, 15) is 5.11 Å². The summed E-state index contributed by atoms with van der Waals surface area (Å²) >= 11 is 0. The Bertz CT molecular complexity index is 325. The smallest absolute Gasteiger partial charge is 0.0948 e. The first-order chi connectivity index (χ1) is 7.14. The maximum Gasteiger partial charge on any atom is 0.0948 e. The number of nitrogens with one attached hydrogen (secondary N) is 1. The van der Waals surface area contributed by atoms with E-state index in [1.54, 1.807) is 0 Å². The van der Waals surface area contributed by atoms with E-state index in [-0.39, 0.29) is 5.92 Å². The Labute approximate surface area is 91.3 Å². The Balaban J connectivity index is 2.32. The third-order valence-electron chi connectivity index (χ3n) is 3.75. The molecule has 1 saturated heterocycles. The average molecular weight is 205 g/mol. The molecule has 0 spiro atoms. The van der Waals surface area contributed by atoms with E-state index in [0.29, 0.717) is 6.04 Å². The summed E-state index contributed by atoms with van der Waals surface area (Å²) in [6.07, 6.45) is 0.794. The van der Waals surface area contributed by atoms with Gasteiger partial charge in [-0.15, -0.1) is 0 Å². The second-order valence-electron chi connectivity index (χ2n) is 4.57. The molecule has 1 aliphatic heterocycles. The molecule has 82 valence electrons. The molecule has 3 unspecified atom stereocenters. The Morgan fingerprint density at radius 3 is 2.60 bits per heavy atom. The predicted octanol–water partition coefficient (Wildman–Crippen LogP) is 1.89. The van der Waals surface area contributed by atoms with E-state index >= 15 is 0 Å². The number of hydrogen-bond acceptors (Lipinski definition) is 2. The van der Waals surface area contributed by atoms with E-state index in [4.69, 9.17) is 0 Å². The fourth-order valence-corrected chi connectivity index (χ4v) is 2.44. The molecule has 2 N–H and O–H groups in total. The van der Waals surface area contributed by atoms with Crippen molar-refractivity contribution in [2.24, 2.45) is 5.92 Å². The lowest BCUT2D eigenvalue weighted by atomic mass is 9.74. The molecule has 2 nitrogen and oxygen atoms in total. The molecule has 0 aromatic heterocycles. The second-order valence-corrected chi connectivity index (χ2v) is 4.57. The molecule has 0 radical (unpaired) electrons. The minimum atomic E-state index is -0.661. The summed E-state index contributed by atoms with van der Waals surface area (Å²) in [4.78, 5) is 0. The van der Waals surface area contributed by atoms with Crippen molar-refractivity contribution in [3.8, 4) is 0 Å². The lowest BCUT2D eigenvalue weighted by molar-refractivity contribution is -0.0550. The molecule has 2 heteroatoms. The number of rotatable bonds is 1. The van der Waals surface area contributed by atoms with Crippen molar-refractivity contribution in [1.82, 2.24) is 5.32 Å². The van der Waals surface area contributed by atoms with Gasteiger partial charge in [0.1, 0.15) is 0 Å². The van der Waals surface area contributed by atoms with Gasteiger partial charge in [-0.05, 0) is 25.5 Å². The highest BCUT2D eigenvalue weighted by atomic mass is 16.3. The Hall–Kier alpha value is -0.860. The molecule has 15 heavy (non-hydrogen) atoms. The topological polar surface area (TPSA) is 32.3 Å².